The van der Waals surface area contributed by atoms with Crippen molar-refractivity contribution in [1.29, 1.82) is 0 Å². The van der Waals surface area contributed by atoms with Crippen molar-refractivity contribution >= 4 is 11.9 Å². The number of amides is 1. The lowest BCUT2D eigenvalue weighted by Crippen LogP contribution is -2.47. The molecular formula is C12H22N2O3. The van der Waals surface area contributed by atoms with Crippen molar-refractivity contribution in [3.63, 3.8) is 0 Å². The first-order chi connectivity index (χ1) is 8.06. The van der Waals surface area contributed by atoms with Crippen LogP contribution in [0.3, 0.4) is 0 Å². The highest BCUT2D eigenvalue weighted by atomic mass is 16.5. The second-order valence-electron chi connectivity index (χ2n) is 4.68. The van der Waals surface area contributed by atoms with E-state index in [4.69, 9.17) is 0 Å². The quantitative estimate of drug-likeness (QED) is 0.725. The molecule has 1 aliphatic heterocycles. The molecule has 1 rings (SSSR count). The fraction of sp³-hybridized carbons (Fsp3) is 0.833. The van der Waals surface area contributed by atoms with Gasteiger partial charge in [-0.25, -0.2) is 0 Å². The summed E-state index contributed by atoms with van der Waals surface area (Å²) >= 11 is 0. The molecule has 1 N–H and O–H groups in total. The predicted molar refractivity (Wildman–Crippen MR) is 64.5 cm³/mol. The van der Waals surface area contributed by atoms with Crippen molar-refractivity contribution in [2.45, 2.75) is 32.7 Å². The number of piperidine rings is 1. The van der Waals surface area contributed by atoms with Gasteiger partial charge in [-0.15, -0.1) is 0 Å². The number of ether oxygens (including phenoxy) is 1. The van der Waals surface area contributed by atoms with Crippen LogP contribution in [0.25, 0.3) is 0 Å². The molecule has 0 aromatic rings. The molecule has 1 aliphatic rings. The largest absolute Gasteiger partial charge is 0.468 e. The van der Waals surface area contributed by atoms with Crippen LogP contribution in [-0.2, 0) is 14.3 Å². The van der Waals surface area contributed by atoms with Crippen LogP contribution in [0.5, 0.6) is 0 Å². The van der Waals surface area contributed by atoms with Gasteiger partial charge in [-0.05, 0) is 33.2 Å². The van der Waals surface area contributed by atoms with E-state index in [2.05, 4.69) is 10.1 Å². The summed E-state index contributed by atoms with van der Waals surface area (Å²) in [7, 11) is 1.34. The Morgan fingerprint density at radius 2 is 2.18 bits per heavy atom. The van der Waals surface area contributed by atoms with E-state index in [-0.39, 0.29) is 30.4 Å². The second kappa shape index (κ2) is 6.59. The lowest BCUT2D eigenvalue weighted by Gasteiger charge is -2.31. The van der Waals surface area contributed by atoms with Gasteiger partial charge < -0.3 is 15.0 Å². The van der Waals surface area contributed by atoms with E-state index in [1.54, 1.807) is 4.90 Å². The zero-order valence-electron chi connectivity index (χ0n) is 10.9. The Bertz CT molecular complexity index is 273. The highest BCUT2D eigenvalue weighted by molar-refractivity contribution is 5.84. The molecule has 0 aliphatic carbocycles. The van der Waals surface area contributed by atoms with Crippen LogP contribution in [0.4, 0.5) is 0 Å². The van der Waals surface area contributed by atoms with Crippen LogP contribution in [0.2, 0.25) is 0 Å². The minimum atomic E-state index is -0.365. The molecule has 1 amide bonds. The zero-order chi connectivity index (χ0) is 12.8. The minimum absolute atomic E-state index is 0.00388. The van der Waals surface area contributed by atoms with Crippen LogP contribution in [0.15, 0.2) is 0 Å². The third-order valence-corrected chi connectivity index (χ3v) is 3.08. The summed E-state index contributed by atoms with van der Waals surface area (Å²) in [5, 5.41) is 3.21. The van der Waals surface area contributed by atoms with Gasteiger partial charge in [0.05, 0.1) is 13.0 Å². The van der Waals surface area contributed by atoms with Gasteiger partial charge >= 0.3 is 5.97 Å². The van der Waals surface area contributed by atoms with Crippen molar-refractivity contribution in [2.75, 3.05) is 26.7 Å². The number of esters is 1. The number of carbonyl (C=O) groups excluding carboxylic acids is 2. The van der Waals surface area contributed by atoms with Crippen LogP contribution < -0.4 is 5.32 Å². The fourth-order valence-electron chi connectivity index (χ4n) is 2.02. The summed E-state index contributed by atoms with van der Waals surface area (Å²) in [5.41, 5.74) is 0. The maximum Gasteiger partial charge on any atom is 0.325 e. The predicted octanol–water partition coefficient (Wildman–Crippen LogP) is 0.396. The first-order valence-electron chi connectivity index (χ1n) is 6.14. The Labute approximate surface area is 102 Å². The summed E-state index contributed by atoms with van der Waals surface area (Å²) < 4.78 is 4.62. The molecule has 0 saturated carbocycles. The summed E-state index contributed by atoms with van der Waals surface area (Å²) in [5.74, 6) is -0.316. The van der Waals surface area contributed by atoms with Crippen molar-refractivity contribution in [2.24, 2.45) is 5.92 Å². The third-order valence-electron chi connectivity index (χ3n) is 3.08. The van der Waals surface area contributed by atoms with Gasteiger partial charge in [-0.3, -0.25) is 9.59 Å². The van der Waals surface area contributed by atoms with E-state index in [9.17, 15) is 9.59 Å². The average Bonchev–Trinajstić information content (AvgIpc) is 2.35. The molecular weight excluding hydrogens is 220 g/mol. The smallest absolute Gasteiger partial charge is 0.325 e. The normalized spacial score (nSPS) is 20.1. The zero-order valence-corrected chi connectivity index (χ0v) is 10.9. The number of carbonyl (C=O) groups is 2. The molecule has 98 valence electrons. The van der Waals surface area contributed by atoms with E-state index < -0.39 is 0 Å². The van der Waals surface area contributed by atoms with Crippen LogP contribution in [0, 0.1) is 5.92 Å². The Morgan fingerprint density at radius 1 is 1.47 bits per heavy atom. The first kappa shape index (κ1) is 14.0. The summed E-state index contributed by atoms with van der Waals surface area (Å²) in [6.07, 6.45) is 1.91. The Kier molecular flexibility index (Phi) is 5.41. The minimum Gasteiger partial charge on any atom is -0.468 e. The number of nitrogens with zero attached hydrogens (tertiary/aromatic N) is 1. The maximum atomic E-state index is 12.3. The van der Waals surface area contributed by atoms with Gasteiger partial charge in [0.25, 0.3) is 0 Å². The van der Waals surface area contributed by atoms with E-state index >= 15 is 0 Å². The van der Waals surface area contributed by atoms with Crippen LogP contribution in [-0.4, -0.2) is 49.6 Å². The van der Waals surface area contributed by atoms with Gasteiger partial charge in [0.2, 0.25) is 5.91 Å². The fourth-order valence-corrected chi connectivity index (χ4v) is 2.02. The molecule has 0 radical (unpaired) electrons. The average molecular weight is 242 g/mol. The Hall–Kier alpha value is -1.10. The van der Waals surface area contributed by atoms with Gasteiger partial charge in [-0.2, -0.15) is 0 Å². The number of hydrogen-bond acceptors (Lipinski definition) is 4. The standard InChI is InChI=1S/C12H22N2O3/c1-9(2)14(8-11(15)17-3)12(16)10-5-4-6-13-7-10/h9-10,13H,4-8H2,1-3H3. The number of nitrogens with one attached hydrogen (secondary N) is 1. The number of methoxy groups -OCH3 is 1. The summed E-state index contributed by atoms with van der Waals surface area (Å²) in [6, 6.07) is 0.0172. The first-order valence-corrected chi connectivity index (χ1v) is 6.14. The molecule has 0 aromatic heterocycles. The highest BCUT2D eigenvalue weighted by Crippen LogP contribution is 2.15. The van der Waals surface area contributed by atoms with Crippen molar-refractivity contribution < 1.29 is 14.3 Å². The maximum absolute atomic E-state index is 12.3. The topological polar surface area (TPSA) is 58.6 Å². The third kappa shape index (κ3) is 4.00. The SMILES string of the molecule is COC(=O)CN(C(=O)C1CCCNC1)C(C)C. The summed E-state index contributed by atoms with van der Waals surface area (Å²) in [4.78, 5) is 25.2. The van der Waals surface area contributed by atoms with Gasteiger partial charge in [-0.1, -0.05) is 0 Å². The van der Waals surface area contributed by atoms with Crippen molar-refractivity contribution in [1.82, 2.24) is 10.2 Å². The summed E-state index contributed by atoms with van der Waals surface area (Å²) in [6.45, 7) is 5.56. The molecule has 1 atom stereocenters. The van der Waals surface area contributed by atoms with E-state index in [0.29, 0.717) is 6.54 Å². The van der Waals surface area contributed by atoms with Crippen LogP contribution in [0.1, 0.15) is 26.7 Å². The van der Waals surface area contributed by atoms with Gasteiger partial charge in [0, 0.05) is 12.6 Å². The molecule has 0 bridgehead atoms. The lowest BCUT2D eigenvalue weighted by atomic mass is 9.97. The number of rotatable bonds is 4. The van der Waals surface area contributed by atoms with Crippen molar-refractivity contribution in [3.8, 4) is 0 Å². The highest BCUT2D eigenvalue weighted by Gasteiger charge is 2.28. The van der Waals surface area contributed by atoms with Crippen LogP contribution >= 0.6 is 0 Å². The van der Waals surface area contributed by atoms with Gasteiger partial charge in [0.15, 0.2) is 0 Å². The number of hydrogen-bond donors (Lipinski definition) is 1. The molecule has 1 heterocycles. The molecule has 0 aromatic carbocycles. The van der Waals surface area contributed by atoms with Crippen molar-refractivity contribution in [3.05, 3.63) is 0 Å². The Morgan fingerprint density at radius 3 is 2.65 bits per heavy atom. The Balaban J connectivity index is 2.62. The van der Waals surface area contributed by atoms with E-state index in [1.807, 2.05) is 13.8 Å². The van der Waals surface area contributed by atoms with E-state index in [0.717, 1.165) is 19.4 Å². The van der Waals surface area contributed by atoms with E-state index in [1.165, 1.54) is 7.11 Å². The molecule has 5 heteroatoms. The monoisotopic (exact) mass is 242 g/mol. The lowest BCUT2D eigenvalue weighted by molar-refractivity contribution is -0.150. The molecule has 0 spiro atoms. The molecule has 1 fully saturated rings. The second-order valence-corrected chi connectivity index (χ2v) is 4.68. The molecule has 1 unspecified atom stereocenters. The molecule has 17 heavy (non-hydrogen) atoms. The molecule has 1 saturated heterocycles. The molecule has 5 nitrogen and oxygen atoms in total. The van der Waals surface area contributed by atoms with Gasteiger partial charge in [0.1, 0.15) is 6.54 Å².